The molecule has 2 rings (SSSR count). The predicted octanol–water partition coefficient (Wildman–Crippen LogP) is 1.03. The van der Waals surface area contributed by atoms with Crippen molar-refractivity contribution in [2.75, 3.05) is 6.54 Å². The highest BCUT2D eigenvalue weighted by molar-refractivity contribution is 5.99. The predicted molar refractivity (Wildman–Crippen MR) is 79.4 cm³/mol. The van der Waals surface area contributed by atoms with E-state index in [4.69, 9.17) is 0 Å². The summed E-state index contributed by atoms with van der Waals surface area (Å²) in [4.78, 5) is 26.9. The van der Waals surface area contributed by atoms with Crippen LogP contribution in [0, 0.1) is 5.92 Å². The SMILES string of the molecule is CCC1(C)NC(=O)C(C(C)C)N(CCn2cccn2)C1=O. The zero-order chi connectivity index (χ0) is 15.6. The molecule has 1 saturated heterocycles. The molecule has 1 N–H and O–H groups in total. The molecule has 2 heterocycles. The van der Waals surface area contributed by atoms with E-state index in [1.165, 1.54) is 0 Å². The average molecular weight is 292 g/mol. The van der Waals surface area contributed by atoms with E-state index < -0.39 is 11.6 Å². The molecular formula is C15H24N4O2. The molecule has 1 aliphatic rings. The van der Waals surface area contributed by atoms with E-state index in [9.17, 15) is 9.59 Å². The molecule has 1 aromatic heterocycles. The van der Waals surface area contributed by atoms with Gasteiger partial charge in [0.2, 0.25) is 11.8 Å². The maximum absolute atomic E-state index is 12.8. The lowest BCUT2D eigenvalue weighted by molar-refractivity contribution is -0.156. The number of rotatable bonds is 5. The summed E-state index contributed by atoms with van der Waals surface area (Å²) in [7, 11) is 0. The quantitative estimate of drug-likeness (QED) is 0.881. The number of nitrogens with one attached hydrogen (secondary N) is 1. The van der Waals surface area contributed by atoms with E-state index in [1.807, 2.05) is 33.0 Å². The maximum Gasteiger partial charge on any atom is 0.248 e. The molecular weight excluding hydrogens is 268 g/mol. The smallest absolute Gasteiger partial charge is 0.248 e. The summed E-state index contributed by atoms with van der Waals surface area (Å²) in [6.07, 6.45) is 4.15. The van der Waals surface area contributed by atoms with Gasteiger partial charge >= 0.3 is 0 Å². The molecule has 6 nitrogen and oxygen atoms in total. The molecule has 1 aromatic rings. The minimum atomic E-state index is -0.799. The van der Waals surface area contributed by atoms with Crippen LogP contribution >= 0.6 is 0 Å². The van der Waals surface area contributed by atoms with Crippen LogP contribution in [-0.4, -0.2) is 44.6 Å². The Morgan fingerprint density at radius 1 is 1.38 bits per heavy atom. The normalized spacial score (nSPS) is 26.3. The third kappa shape index (κ3) is 2.94. The zero-order valence-corrected chi connectivity index (χ0v) is 13.2. The molecule has 0 spiro atoms. The van der Waals surface area contributed by atoms with Crippen molar-refractivity contribution in [2.45, 2.75) is 52.2 Å². The van der Waals surface area contributed by atoms with E-state index in [1.54, 1.807) is 22.7 Å². The van der Waals surface area contributed by atoms with Gasteiger partial charge in [-0.1, -0.05) is 20.8 Å². The van der Waals surface area contributed by atoms with Gasteiger partial charge in [-0.15, -0.1) is 0 Å². The highest BCUT2D eigenvalue weighted by atomic mass is 16.2. The molecule has 0 bridgehead atoms. The van der Waals surface area contributed by atoms with E-state index in [-0.39, 0.29) is 17.7 Å². The Labute approximate surface area is 125 Å². The molecule has 6 heteroatoms. The van der Waals surface area contributed by atoms with E-state index in [2.05, 4.69) is 10.4 Å². The van der Waals surface area contributed by atoms with Gasteiger partial charge in [-0.2, -0.15) is 5.10 Å². The Kier molecular flexibility index (Phi) is 4.34. The fourth-order valence-corrected chi connectivity index (χ4v) is 2.77. The zero-order valence-electron chi connectivity index (χ0n) is 13.2. The summed E-state index contributed by atoms with van der Waals surface area (Å²) in [5, 5.41) is 7.04. The lowest BCUT2D eigenvalue weighted by atomic mass is 9.88. The minimum absolute atomic E-state index is 0.00421. The van der Waals surface area contributed by atoms with E-state index in [0.717, 1.165) is 0 Å². The summed E-state index contributed by atoms with van der Waals surface area (Å²) < 4.78 is 1.78. The maximum atomic E-state index is 12.8. The second-order valence-corrected chi connectivity index (χ2v) is 6.13. The van der Waals surface area contributed by atoms with Crippen molar-refractivity contribution < 1.29 is 9.59 Å². The van der Waals surface area contributed by atoms with Crippen LogP contribution in [0.1, 0.15) is 34.1 Å². The topological polar surface area (TPSA) is 67.2 Å². The van der Waals surface area contributed by atoms with Gasteiger partial charge in [-0.05, 0) is 25.3 Å². The Morgan fingerprint density at radius 3 is 2.62 bits per heavy atom. The van der Waals surface area contributed by atoms with Gasteiger partial charge < -0.3 is 10.2 Å². The Morgan fingerprint density at radius 2 is 2.10 bits per heavy atom. The molecule has 116 valence electrons. The molecule has 21 heavy (non-hydrogen) atoms. The first-order chi connectivity index (χ1) is 9.89. The van der Waals surface area contributed by atoms with Crippen molar-refractivity contribution in [1.82, 2.24) is 20.0 Å². The second-order valence-electron chi connectivity index (χ2n) is 6.13. The Hall–Kier alpha value is -1.85. The average Bonchev–Trinajstić information content (AvgIpc) is 2.93. The molecule has 1 fully saturated rings. The molecule has 2 atom stereocenters. The van der Waals surface area contributed by atoms with Gasteiger partial charge in [-0.25, -0.2) is 0 Å². The van der Waals surface area contributed by atoms with Crippen LogP contribution in [0.15, 0.2) is 18.5 Å². The van der Waals surface area contributed by atoms with Crippen LogP contribution in [0.25, 0.3) is 0 Å². The number of aromatic nitrogens is 2. The highest BCUT2D eigenvalue weighted by Crippen LogP contribution is 2.25. The van der Waals surface area contributed by atoms with Gasteiger partial charge in [0.05, 0.1) is 6.54 Å². The standard InChI is InChI=1S/C15H24N4O2/c1-5-15(4)14(21)19(10-9-18-8-6-7-16-18)12(11(2)3)13(20)17-15/h6-8,11-12H,5,9-10H2,1-4H3,(H,17,20). The summed E-state index contributed by atoms with van der Waals surface area (Å²) in [6, 6.07) is 1.44. The third-order valence-corrected chi connectivity index (χ3v) is 4.20. The number of hydrogen-bond acceptors (Lipinski definition) is 3. The lowest BCUT2D eigenvalue weighted by Crippen LogP contribution is -2.70. The van der Waals surface area contributed by atoms with Crippen molar-refractivity contribution >= 4 is 11.8 Å². The van der Waals surface area contributed by atoms with Crippen LogP contribution in [0.5, 0.6) is 0 Å². The molecule has 0 aromatic carbocycles. The third-order valence-electron chi connectivity index (χ3n) is 4.20. The van der Waals surface area contributed by atoms with Crippen LogP contribution in [0.2, 0.25) is 0 Å². The van der Waals surface area contributed by atoms with Crippen LogP contribution in [0.3, 0.4) is 0 Å². The van der Waals surface area contributed by atoms with Gasteiger partial charge in [0.15, 0.2) is 0 Å². The van der Waals surface area contributed by atoms with Crippen molar-refractivity contribution in [2.24, 2.45) is 5.92 Å². The Bertz CT molecular complexity index is 512. The van der Waals surface area contributed by atoms with Crippen LogP contribution < -0.4 is 5.32 Å². The largest absolute Gasteiger partial charge is 0.340 e. The fraction of sp³-hybridized carbons (Fsp3) is 0.667. The second kappa shape index (κ2) is 5.87. The number of carbonyl (C=O) groups excluding carboxylic acids is 2. The molecule has 1 aliphatic heterocycles. The van der Waals surface area contributed by atoms with Crippen molar-refractivity contribution in [3.8, 4) is 0 Å². The minimum Gasteiger partial charge on any atom is -0.340 e. The number of hydrogen-bond donors (Lipinski definition) is 1. The summed E-state index contributed by atoms with van der Waals surface area (Å²) in [6.45, 7) is 8.73. The Balaban J connectivity index is 2.21. The summed E-state index contributed by atoms with van der Waals surface area (Å²) >= 11 is 0. The molecule has 0 radical (unpaired) electrons. The van der Waals surface area contributed by atoms with Crippen molar-refractivity contribution in [1.29, 1.82) is 0 Å². The molecule has 0 saturated carbocycles. The summed E-state index contributed by atoms with van der Waals surface area (Å²) in [5.74, 6) is 0.0119. The van der Waals surface area contributed by atoms with Crippen LogP contribution in [0.4, 0.5) is 0 Å². The monoisotopic (exact) mass is 292 g/mol. The van der Waals surface area contributed by atoms with E-state index in [0.29, 0.717) is 19.5 Å². The fourth-order valence-electron chi connectivity index (χ4n) is 2.77. The van der Waals surface area contributed by atoms with Crippen molar-refractivity contribution in [3.63, 3.8) is 0 Å². The first kappa shape index (κ1) is 15.5. The first-order valence-corrected chi connectivity index (χ1v) is 7.49. The van der Waals surface area contributed by atoms with Gasteiger partial charge in [0, 0.05) is 18.9 Å². The number of piperazine rings is 1. The van der Waals surface area contributed by atoms with Crippen molar-refractivity contribution in [3.05, 3.63) is 18.5 Å². The molecule has 0 aliphatic carbocycles. The highest BCUT2D eigenvalue weighted by Gasteiger charge is 2.47. The van der Waals surface area contributed by atoms with Gasteiger partial charge in [0.1, 0.15) is 11.6 Å². The number of amides is 2. The number of nitrogens with zero attached hydrogens (tertiary/aromatic N) is 3. The van der Waals surface area contributed by atoms with Gasteiger partial charge in [-0.3, -0.25) is 14.3 Å². The van der Waals surface area contributed by atoms with Crippen LogP contribution in [-0.2, 0) is 16.1 Å². The molecule has 2 unspecified atom stereocenters. The van der Waals surface area contributed by atoms with Gasteiger partial charge in [0.25, 0.3) is 0 Å². The summed E-state index contributed by atoms with van der Waals surface area (Å²) in [5.41, 5.74) is -0.799. The first-order valence-electron chi connectivity index (χ1n) is 7.49. The van der Waals surface area contributed by atoms with E-state index >= 15 is 0 Å². The lowest BCUT2D eigenvalue weighted by Gasteiger charge is -2.45. The number of carbonyl (C=O) groups is 2. The molecule has 2 amide bonds.